The van der Waals surface area contributed by atoms with Gasteiger partial charge in [-0.1, -0.05) is 39.3 Å². The Morgan fingerprint density at radius 3 is 2.78 bits per heavy atom. The van der Waals surface area contributed by atoms with E-state index in [0.717, 1.165) is 15.8 Å². The molecule has 3 aromatic rings. The van der Waals surface area contributed by atoms with Crippen LogP contribution >= 0.6 is 39.3 Å². The van der Waals surface area contributed by atoms with Crippen LogP contribution in [0.5, 0.6) is 5.75 Å². The van der Waals surface area contributed by atoms with Gasteiger partial charge in [-0.25, -0.2) is 4.98 Å². The first-order chi connectivity index (χ1) is 13.0. The highest BCUT2D eigenvalue weighted by atomic mass is 79.9. The van der Waals surface area contributed by atoms with Crippen LogP contribution in [-0.2, 0) is 17.0 Å². The number of rotatable bonds is 7. The molecular weight excluding hydrogens is 452 g/mol. The molecule has 0 radical (unpaired) electrons. The molecule has 0 spiro atoms. The van der Waals surface area contributed by atoms with Crippen molar-refractivity contribution in [3.8, 4) is 5.75 Å². The van der Waals surface area contributed by atoms with Crippen LogP contribution in [-0.4, -0.2) is 30.4 Å². The molecule has 0 saturated carbocycles. The maximum Gasteiger partial charge on any atom is 0.262 e. The Morgan fingerprint density at radius 2 is 2.04 bits per heavy atom. The van der Waals surface area contributed by atoms with Crippen LogP contribution < -0.4 is 10.3 Å². The summed E-state index contributed by atoms with van der Waals surface area (Å²) in [5, 5.41) is 1.85. The average molecular weight is 470 g/mol. The van der Waals surface area contributed by atoms with Crippen LogP contribution in [0.2, 0.25) is 5.02 Å². The predicted octanol–water partition coefficient (Wildman–Crippen LogP) is 4.76. The Morgan fingerprint density at radius 1 is 1.22 bits per heavy atom. The Bertz CT molecular complexity index is 1030. The molecule has 27 heavy (non-hydrogen) atoms. The number of halogens is 2. The maximum atomic E-state index is 13.0. The fourth-order valence-electron chi connectivity index (χ4n) is 2.66. The fraction of sp³-hybridized carbons (Fsp3) is 0.263. The van der Waals surface area contributed by atoms with Gasteiger partial charge in [-0.3, -0.25) is 9.36 Å². The topological polar surface area (TPSA) is 53.4 Å². The number of fused-ring (bicyclic) bond motifs is 1. The normalized spacial score (nSPS) is 11.1. The molecule has 0 fully saturated rings. The molecule has 0 aliphatic carbocycles. The van der Waals surface area contributed by atoms with Gasteiger partial charge in [0.2, 0.25) is 0 Å². The lowest BCUT2D eigenvalue weighted by Crippen LogP contribution is -2.25. The second-order valence-electron chi connectivity index (χ2n) is 5.75. The number of ether oxygens (including phenoxy) is 2. The Kier molecular flexibility index (Phi) is 6.81. The quantitative estimate of drug-likeness (QED) is 0.369. The first-order valence-corrected chi connectivity index (χ1v) is 10.3. The van der Waals surface area contributed by atoms with Crippen LogP contribution in [0.25, 0.3) is 10.9 Å². The highest BCUT2D eigenvalue weighted by molar-refractivity contribution is 9.10. The highest BCUT2D eigenvalue weighted by Gasteiger charge is 2.13. The molecule has 0 bridgehead atoms. The number of thioether (sulfide) groups is 1. The fourth-order valence-corrected chi connectivity index (χ4v) is 4.22. The van der Waals surface area contributed by atoms with Gasteiger partial charge in [0.05, 0.1) is 31.2 Å². The van der Waals surface area contributed by atoms with E-state index >= 15 is 0 Å². The van der Waals surface area contributed by atoms with E-state index in [9.17, 15) is 4.79 Å². The van der Waals surface area contributed by atoms with Gasteiger partial charge < -0.3 is 9.47 Å². The summed E-state index contributed by atoms with van der Waals surface area (Å²) < 4.78 is 13.1. The second kappa shape index (κ2) is 9.10. The molecule has 142 valence electrons. The number of hydrogen-bond donors (Lipinski definition) is 0. The molecule has 0 saturated heterocycles. The first-order valence-electron chi connectivity index (χ1n) is 8.17. The van der Waals surface area contributed by atoms with Crippen LogP contribution in [0.15, 0.2) is 50.8 Å². The molecule has 0 N–H and O–H groups in total. The van der Waals surface area contributed by atoms with Crippen LogP contribution in [0.4, 0.5) is 0 Å². The van der Waals surface area contributed by atoms with E-state index in [1.54, 1.807) is 30.9 Å². The van der Waals surface area contributed by atoms with Gasteiger partial charge in [-0.15, -0.1) is 0 Å². The molecule has 5 nitrogen and oxygen atoms in total. The van der Waals surface area contributed by atoms with E-state index in [1.807, 2.05) is 24.3 Å². The van der Waals surface area contributed by atoms with Crippen LogP contribution in [0, 0.1) is 0 Å². The number of hydrogen-bond acceptors (Lipinski definition) is 5. The first kappa shape index (κ1) is 20.2. The number of benzene rings is 2. The summed E-state index contributed by atoms with van der Waals surface area (Å²) in [7, 11) is 3.23. The van der Waals surface area contributed by atoms with Gasteiger partial charge in [0.25, 0.3) is 5.56 Å². The predicted molar refractivity (Wildman–Crippen MR) is 113 cm³/mol. The third-order valence-corrected chi connectivity index (χ3v) is 5.75. The van der Waals surface area contributed by atoms with E-state index in [0.29, 0.717) is 40.0 Å². The zero-order valence-corrected chi connectivity index (χ0v) is 18.0. The van der Waals surface area contributed by atoms with Crippen molar-refractivity contribution >= 4 is 50.2 Å². The molecule has 3 rings (SSSR count). The standard InChI is InChI=1S/C19H18BrClN2O3S/c1-25-8-7-23-18(24)15-10-13(20)3-5-16(15)22-19(23)27-11-12-9-14(21)4-6-17(12)26-2/h3-6,9-10H,7-8,11H2,1-2H3. The van der Waals surface area contributed by atoms with E-state index < -0.39 is 0 Å². The summed E-state index contributed by atoms with van der Waals surface area (Å²) in [6, 6.07) is 11.0. The minimum atomic E-state index is -0.0843. The van der Waals surface area contributed by atoms with Gasteiger partial charge in [0, 0.05) is 27.9 Å². The van der Waals surface area contributed by atoms with Crippen LogP contribution in [0.3, 0.4) is 0 Å². The van der Waals surface area contributed by atoms with Crippen molar-refractivity contribution in [2.45, 2.75) is 17.5 Å². The van der Waals surface area contributed by atoms with Crippen molar-refractivity contribution in [1.82, 2.24) is 9.55 Å². The van der Waals surface area contributed by atoms with E-state index in [1.165, 1.54) is 11.8 Å². The van der Waals surface area contributed by atoms with Gasteiger partial charge >= 0.3 is 0 Å². The minimum absolute atomic E-state index is 0.0843. The molecule has 1 heterocycles. The SMILES string of the molecule is COCCn1c(SCc2cc(Cl)ccc2OC)nc2ccc(Br)cc2c1=O. The lowest BCUT2D eigenvalue weighted by Gasteiger charge is -2.14. The third kappa shape index (κ3) is 4.66. The molecule has 0 amide bonds. The van der Waals surface area contributed by atoms with Gasteiger partial charge in [-0.2, -0.15) is 0 Å². The summed E-state index contributed by atoms with van der Waals surface area (Å²) in [5.74, 6) is 1.33. The minimum Gasteiger partial charge on any atom is -0.496 e. The van der Waals surface area contributed by atoms with Gasteiger partial charge in [0.15, 0.2) is 5.16 Å². The average Bonchev–Trinajstić information content (AvgIpc) is 2.66. The van der Waals surface area contributed by atoms with Crippen molar-refractivity contribution < 1.29 is 9.47 Å². The third-order valence-electron chi connectivity index (χ3n) is 4.00. The van der Waals surface area contributed by atoms with Crippen molar-refractivity contribution in [2.75, 3.05) is 20.8 Å². The second-order valence-corrected chi connectivity index (χ2v) is 8.04. The monoisotopic (exact) mass is 468 g/mol. The van der Waals surface area contributed by atoms with Gasteiger partial charge in [-0.05, 0) is 36.4 Å². The van der Waals surface area contributed by atoms with Gasteiger partial charge in [0.1, 0.15) is 5.75 Å². The maximum absolute atomic E-state index is 13.0. The van der Waals surface area contributed by atoms with Crippen molar-refractivity contribution in [3.63, 3.8) is 0 Å². The number of methoxy groups -OCH3 is 2. The molecule has 0 aliphatic rings. The summed E-state index contributed by atoms with van der Waals surface area (Å²) in [5.41, 5.74) is 1.52. The van der Waals surface area contributed by atoms with Crippen molar-refractivity contribution in [1.29, 1.82) is 0 Å². The van der Waals surface area contributed by atoms with E-state index in [-0.39, 0.29) is 5.56 Å². The van der Waals surface area contributed by atoms with E-state index in [4.69, 9.17) is 26.1 Å². The van der Waals surface area contributed by atoms with Crippen molar-refractivity contribution in [2.24, 2.45) is 0 Å². The molecule has 2 aromatic carbocycles. The van der Waals surface area contributed by atoms with Crippen LogP contribution in [0.1, 0.15) is 5.56 Å². The van der Waals surface area contributed by atoms with Crippen molar-refractivity contribution in [3.05, 3.63) is 61.8 Å². The summed E-state index contributed by atoms with van der Waals surface area (Å²) >= 11 is 11.0. The molecule has 0 aliphatic heterocycles. The highest BCUT2D eigenvalue weighted by Crippen LogP contribution is 2.30. The lowest BCUT2D eigenvalue weighted by atomic mass is 10.2. The Balaban J connectivity index is 2.01. The smallest absolute Gasteiger partial charge is 0.262 e. The molecular formula is C19H18BrClN2O3S. The zero-order valence-electron chi connectivity index (χ0n) is 14.9. The van der Waals surface area contributed by atoms with E-state index in [2.05, 4.69) is 15.9 Å². The largest absolute Gasteiger partial charge is 0.496 e. The lowest BCUT2D eigenvalue weighted by molar-refractivity contribution is 0.183. The summed E-state index contributed by atoms with van der Waals surface area (Å²) in [4.78, 5) is 17.7. The Hall–Kier alpha value is -1.54. The summed E-state index contributed by atoms with van der Waals surface area (Å²) in [6.45, 7) is 0.856. The summed E-state index contributed by atoms with van der Waals surface area (Å²) in [6.07, 6.45) is 0. The molecule has 0 atom stereocenters. The molecule has 0 unspecified atom stereocenters. The number of nitrogens with zero attached hydrogens (tertiary/aromatic N) is 2. The molecule has 1 aromatic heterocycles. The Labute approximate surface area is 174 Å². The molecule has 8 heteroatoms. The number of aromatic nitrogens is 2. The zero-order chi connectivity index (χ0) is 19.4.